The van der Waals surface area contributed by atoms with Gasteiger partial charge < -0.3 is 15.2 Å². The molecule has 1 aromatic carbocycles. The van der Waals surface area contributed by atoms with Crippen LogP contribution in [0.2, 0.25) is 0 Å². The van der Waals surface area contributed by atoms with Gasteiger partial charge in [-0.3, -0.25) is 4.79 Å². The van der Waals surface area contributed by atoms with E-state index in [9.17, 15) is 9.90 Å². The summed E-state index contributed by atoms with van der Waals surface area (Å²) in [6, 6.07) is 6.50. The van der Waals surface area contributed by atoms with Gasteiger partial charge in [-0.15, -0.1) is 0 Å². The van der Waals surface area contributed by atoms with Crippen molar-refractivity contribution < 1.29 is 14.6 Å². The third kappa shape index (κ3) is 2.52. The Morgan fingerprint density at radius 1 is 1.44 bits per heavy atom. The van der Waals surface area contributed by atoms with Crippen LogP contribution in [0.15, 0.2) is 24.3 Å². The molecule has 16 heavy (non-hydrogen) atoms. The van der Waals surface area contributed by atoms with Crippen molar-refractivity contribution in [1.82, 2.24) is 5.32 Å². The van der Waals surface area contributed by atoms with Crippen LogP contribution in [-0.4, -0.2) is 24.2 Å². The molecule has 0 saturated carbocycles. The molecule has 0 spiro atoms. The zero-order valence-electron chi connectivity index (χ0n) is 8.98. The van der Waals surface area contributed by atoms with Crippen LogP contribution >= 0.6 is 0 Å². The highest BCUT2D eigenvalue weighted by molar-refractivity contribution is 5.76. The van der Waals surface area contributed by atoms with Crippen LogP contribution in [-0.2, 0) is 4.79 Å². The SMILES string of the molecule is O=C(Oc1ccccc1O)C1CCCNC1. The molecular weight excluding hydrogens is 206 g/mol. The standard InChI is InChI=1S/C12H15NO3/c14-10-5-1-2-6-11(10)16-12(15)9-4-3-7-13-8-9/h1-2,5-6,9,13-14H,3-4,7-8H2. The van der Waals surface area contributed by atoms with Crippen molar-refractivity contribution >= 4 is 5.97 Å². The average Bonchev–Trinajstić information content (AvgIpc) is 2.33. The van der Waals surface area contributed by atoms with Gasteiger partial charge in [-0.2, -0.15) is 0 Å². The van der Waals surface area contributed by atoms with Crippen molar-refractivity contribution in [3.63, 3.8) is 0 Å². The van der Waals surface area contributed by atoms with Crippen LogP contribution in [0, 0.1) is 5.92 Å². The third-order valence-electron chi connectivity index (χ3n) is 2.71. The molecule has 2 N–H and O–H groups in total. The monoisotopic (exact) mass is 221 g/mol. The van der Waals surface area contributed by atoms with Gasteiger partial charge in [0.25, 0.3) is 0 Å². The fourth-order valence-corrected chi connectivity index (χ4v) is 1.79. The number of nitrogens with one attached hydrogen (secondary N) is 1. The van der Waals surface area contributed by atoms with E-state index < -0.39 is 0 Å². The molecular formula is C12H15NO3. The Bertz CT molecular complexity index is 372. The summed E-state index contributed by atoms with van der Waals surface area (Å²) in [5.74, 6) is -0.139. The molecule has 0 aliphatic carbocycles. The summed E-state index contributed by atoms with van der Waals surface area (Å²) in [5.41, 5.74) is 0. The molecule has 0 amide bonds. The minimum Gasteiger partial charge on any atom is -0.504 e. The van der Waals surface area contributed by atoms with Crippen molar-refractivity contribution in [2.75, 3.05) is 13.1 Å². The first-order valence-electron chi connectivity index (χ1n) is 5.48. The number of benzene rings is 1. The van der Waals surface area contributed by atoms with Crippen LogP contribution < -0.4 is 10.1 Å². The summed E-state index contributed by atoms with van der Waals surface area (Å²) in [6.45, 7) is 1.62. The molecule has 1 unspecified atom stereocenters. The highest BCUT2D eigenvalue weighted by Crippen LogP contribution is 2.25. The number of phenols is 1. The van der Waals surface area contributed by atoms with Gasteiger partial charge in [0.05, 0.1) is 5.92 Å². The van der Waals surface area contributed by atoms with E-state index in [0.717, 1.165) is 19.4 Å². The number of hydrogen-bond acceptors (Lipinski definition) is 4. The third-order valence-corrected chi connectivity index (χ3v) is 2.71. The molecule has 1 saturated heterocycles. The maximum absolute atomic E-state index is 11.7. The van der Waals surface area contributed by atoms with Crippen LogP contribution in [0.1, 0.15) is 12.8 Å². The zero-order chi connectivity index (χ0) is 11.4. The Morgan fingerprint density at radius 2 is 2.25 bits per heavy atom. The van der Waals surface area contributed by atoms with Crippen LogP contribution in [0.25, 0.3) is 0 Å². The molecule has 1 aromatic rings. The molecule has 86 valence electrons. The van der Waals surface area contributed by atoms with Gasteiger partial charge in [0.15, 0.2) is 11.5 Å². The Hall–Kier alpha value is -1.55. The molecule has 1 aliphatic heterocycles. The van der Waals surface area contributed by atoms with E-state index in [1.165, 1.54) is 6.07 Å². The predicted molar refractivity (Wildman–Crippen MR) is 59.3 cm³/mol. The molecule has 0 radical (unpaired) electrons. The van der Waals surface area contributed by atoms with Crippen molar-refractivity contribution in [3.05, 3.63) is 24.3 Å². The summed E-state index contributed by atoms with van der Waals surface area (Å²) >= 11 is 0. The highest BCUT2D eigenvalue weighted by atomic mass is 16.5. The fourth-order valence-electron chi connectivity index (χ4n) is 1.79. The number of rotatable bonds is 2. The number of aromatic hydroxyl groups is 1. The number of esters is 1. The van der Waals surface area contributed by atoms with Crippen molar-refractivity contribution in [2.24, 2.45) is 5.92 Å². The largest absolute Gasteiger partial charge is 0.504 e. The minimum atomic E-state index is -0.270. The molecule has 1 atom stereocenters. The lowest BCUT2D eigenvalue weighted by Gasteiger charge is -2.21. The van der Waals surface area contributed by atoms with E-state index >= 15 is 0 Å². The molecule has 1 fully saturated rings. The first kappa shape index (κ1) is 11.0. The lowest BCUT2D eigenvalue weighted by molar-refractivity contribution is -0.139. The summed E-state index contributed by atoms with van der Waals surface area (Å²) in [6.07, 6.45) is 1.83. The number of phenolic OH excluding ortho intramolecular Hbond substituents is 1. The Labute approximate surface area is 94.2 Å². The predicted octanol–water partition coefficient (Wildman–Crippen LogP) is 1.30. The van der Waals surface area contributed by atoms with E-state index in [1.807, 2.05) is 0 Å². The normalized spacial score (nSPS) is 20.4. The van der Waals surface area contributed by atoms with Crippen LogP contribution in [0.5, 0.6) is 11.5 Å². The molecule has 4 heteroatoms. The number of hydrogen-bond donors (Lipinski definition) is 2. The molecule has 0 bridgehead atoms. The van der Waals surface area contributed by atoms with E-state index in [1.54, 1.807) is 18.2 Å². The van der Waals surface area contributed by atoms with Crippen LogP contribution in [0.3, 0.4) is 0 Å². The molecule has 1 heterocycles. The first-order chi connectivity index (χ1) is 7.77. The number of carbonyl (C=O) groups is 1. The Kier molecular flexibility index (Phi) is 3.41. The zero-order valence-corrected chi connectivity index (χ0v) is 8.98. The van der Waals surface area contributed by atoms with Gasteiger partial charge in [-0.25, -0.2) is 0 Å². The number of para-hydroxylation sites is 2. The van der Waals surface area contributed by atoms with E-state index in [2.05, 4.69) is 5.32 Å². The second-order valence-electron chi connectivity index (χ2n) is 3.93. The molecule has 1 aliphatic rings. The van der Waals surface area contributed by atoms with Crippen LogP contribution in [0.4, 0.5) is 0 Å². The Morgan fingerprint density at radius 3 is 2.94 bits per heavy atom. The summed E-state index contributed by atoms with van der Waals surface area (Å²) in [5, 5.41) is 12.6. The van der Waals surface area contributed by atoms with Gasteiger partial charge in [0.2, 0.25) is 0 Å². The van der Waals surface area contributed by atoms with Gasteiger partial charge >= 0.3 is 5.97 Å². The summed E-state index contributed by atoms with van der Waals surface area (Å²) in [4.78, 5) is 11.7. The number of piperidine rings is 1. The molecule has 4 nitrogen and oxygen atoms in total. The Balaban J connectivity index is 1.99. The van der Waals surface area contributed by atoms with E-state index in [4.69, 9.17) is 4.74 Å². The van der Waals surface area contributed by atoms with Gasteiger partial charge in [0, 0.05) is 6.54 Å². The first-order valence-corrected chi connectivity index (χ1v) is 5.48. The smallest absolute Gasteiger partial charge is 0.315 e. The van der Waals surface area contributed by atoms with Crippen molar-refractivity contribution in [2.45, 2.75) is 12.8 Å². The quantitative estimate of drug-likeness (QED) is 0.583. The topological polar surface area (TPSA) is 58.6 Å². The van der Waals surface area contributed by atoms with E-state index in [0.29, 0.717) is 6.54 Å². The van der Waals surface area contributed by atoms with Gasteiger partial charge in [0.1, 0.15) is 0 Å². The maximum Gasteiger partial charge on any atom is 0.315 e. The average molecular weight is 221 g/mol. The lowest BCUT2D eigenvalue weighted by atomic mass is 10.0. The second-order valence-corrected chi connectivity index (χ2v) is 3.93. The second kappa shape index (κ2) is 4.99. The summed E-state index contributed by atoms with van der Waals surface area (Å²) in [7, 11) is 0. The minimum absolute atomic E-state index is 0.000353. The highest BCUT2D eigenvalue weighted by Gasteiger charge is 2.23. The van der Waals surface area contributed by atoms with E-state index in [-0.39, 0.29) is 23.4 Å². The van der Waals surface area contributed by atoms with Gasteiger partial charge in [-0.05, 0) is 31.5 Å². The van der Waals surface area contributed by atoms with Crippen molar-refractivity contribution in [3.8, 4) is 11.5 Å². The lowest BCUT2D eigenvalue weighted by Crippen LogP contribution is -2.36. The maximum atomic E-state index is 11.7. The summed E-state index contributed by atoms with van der Waals surface area (Å²) < 4.78 is 5.16. The van der Waals surface area contributed by atoms with Gasteiger partial charge in [-0.1, -0.05) is 12.1 Å². The molecule has 0 aromatic heterocycles. The number of carbonyl (C=O) groups excluding carboxylic acids is 1. The number of ether oxygens (including phenoxy) is 1. The molecule has 2 rings (SSSR count). The van der Waals surface area contributed by atoms with Crippen molar-refractivity contribution in [1.29, 1.82) is 0 Å². The fraction of sp³-hybridized carbons (Fsp3) is 0.417.